The van der Waals surface area contributed by atoms with Gasteiger partial charge in [0, 0.05) is 43.8 Å². The van der Waals surface area contributed by atoms with E-state index in [9.17, 15) is 0 Å². The van der Waals surface area contributed by atoms with Crippen LogP contribution in [-0.4, -0.2) is 39.9 Å². The molecule has 6 aromatic rings. The van der Waals surface area contributed by atoms with Crippen LogP contribution in [0.2, 0.25) is 0 Å². The van der Waals surface area contributed by atoms with Crippen molar-refractivity contribution in [3.63, 3.8) is 0 Å². The number of nitrogens with one attached hydrogen (secondary N) is 2. The van der Waals surface area contributed by atoms with Crippen LogP contribution in [0.4, 0.5) is 0 Å². The van der Waals surface area contributed by atoms with E-state index in [2.05, 4.69) is 16.5 Å². The molecule has 3 aromatic heterocycles. The van der Waals surface area contributed by atoms with Gasteiger partial charge in [0.2, 0.25) is 0 Å². The van der Waals surface area contributed by atoms with Crippen LogP contribution in [0, 0.1) is 0 Å². The summed E-state index contributed by atoms with van der Waals surface area (Å²) >= 11 is 0. The molecule has 0 radical (unpaired) electrons. The van der Waals surface area contributed by atoms with Gasteiger partial charge in [-0.05, 0) is 6.92 Å². The molecule has 5 heterocycles. The van der Waals surface area contributed by atoms with Crippen molar-refractivity contribution in [3.8, 4) is 22.8 Å². The molecule has 2 N–H and O–H groups in total. The number of benzene rings is 3. The first kappa shape index (κ1) is 23.2. The number of rotatable bonds is 2. The summed E-state index contributed by atoms with van der Waals surface area (Å²) in [7, 11) is 0. The zero-order chi connectivity index (χ0) is 27.5. The Labute approximate surface area is 234 Å². The number of aromatic nitrogens is 8. The van der Waals surface area contributed by atoms with Crippen molar-refractivity contribution in [1.29, 1.82) is 0 Å². The van der Waals surface area contributed by atoms with Gasteiger partial charge in [0.15, 0.2) is 23.3 Å². The minimum atomic E-state index is 0.560. The van der Waals surface area contributed by atoms with Crippen molar-refractivity contribution in [1.82, 2.24) is 39.9 Å². The second-order valence-corrected chi connectivity index (χ2v) is 9.88. The molecular weight excluding hydrogens is 508 g/mol. The Morgan fingerprint density at radius 2 is 0.951 bits per heavy atom. The molecule has 41 heavy (non-hydrogen) atoms. The minimum Gasteiger partial charge on any atom is -0.324 e. The lowest BCUT2D eigenvalue weighted by atomic mass is 10.1. The van der Waals surface area contributed by atoms with Gasteiger partial charge in [-0.15, -0.1) is 0 Å². The highest BCUT2D eigenvalue weighted by molar-refractivity contribution is 6.06. The normalized spacial score (nSPS) is 12.9. The van der Waals surface area contributed by atoms with Crippen LogP contribution >= 0.6 is 0 Å². The third kappa shape index (κ3) is 3.61. The van der Waals surface area contributed by atoms with Crippen molar-refractivity contribution >= 4 is 55.3 Å². The van der Waals surface area contributed by atoms with E-state index in [-0.39, 0.29) is 0 Å². The quantitative estimate of drug-likeness (QED) is 0.229. The highest BCUT2D eigenvalue weighted by atomic mass is 15.1. The van der Waals surface area contributed by atoms with E-state index < -0.39 is 0 Å². The van der Waals surface area contributed by atoms with E-state index in [0.29, 0.717) is 45.9 Å². The van der Waals surface area contributed by atoms with Crippen LogP contribution in [-0.2, 0) is 0 Å². The van der Waals surface area contributed by atoms with Crippen molar-refractivity contribution in [3.05, 3.63) is 109 Å². The number of nitrogens with zero attached hydrogens (tertiary/aromatic N) is 6. The minimum absolute atomic E-state index is 0.560. The highest BCUT2D eigenvalue weighted by Crippen LogP contribution is 2.35. The summed E-state index contributed by atoms with van der Waals surface area (Å²) in [5.74, 6) is 2.32. The lowest BCUT2D eigenvalue weighted by Gasteiger charge is -1.96. The fourth-order valence-electron chi connectivity index (χ4n) is 5.42. The molecule has 8 nitrogen and oxygen atoms in total. The van der Waals surface area contributed by atoms with Gasteiger partial charge in [0.25, 0.3) is 0 Å². The van der Waals surface area contributed by atoms with E-state index in [1.807, 2.05) is 91.9 Å². The summed E-state index contributed by atoms with van der Waals surface area (Å²) in [6.45, 7) is 5.84. The Bertz CT molecular complexity index is 2300. The maximum absolute atomic E-state index is 5.02. The SMILES string of the molecule is C=C/C=C\C1=C(C)c2nc1nc1[nH]c(nc3nc(nc4[nH]c(n2)c2ccccc42)-c2ccccc2-3)c2ccccc12. The first-order valence-corrected chi connectivity index (χ1v) is 13.3. The maximum atomic E-state index is 5.02. The number of fused-ring (bicyclic) bond motifs is 17. The largest absolute Gasteiger partial charge is 0.324 e. The fraction of sp³-hybridized carbons (Fsp3) is 0.0303. The van der Waals surface area contributed by atoms with Crippen LogP contribution < -0.4 is 0 Å². The summed E-state index contributed by atoms with van der Waals surface area (Å²) in [5.41, 5.74) is 6.31. The smallest absolute Gasteiger partial charge is 0.164 e. The van der Waals surface area contributed by atoms with E-state index in [0.717, 1.165) is 43.8 Å². The van der Waals surface area contributed by atoms with Crippen LogP contribution in [0.5, 0.6) is 0 Å². The summed E-state index contributed by atoms with van der Waals surface area (Å²) in [5, 5.41) is 3.77. The number of hydrogen-bond donors (Lipinski definition) is 2. The van der Waals surface area contributed by atoms with Gasteiger partial charge in [-0.2, -0.15) is 0 Å². The maximum Gasteiger partial charge on any atom is 0.164 e. The van der Waals surface area contributed by atoms with Crippen LogP contribution in [0.3, 0.4) is 0 Å². The van der Waals surface area contributed by atoms with E-state index in [1.54, 1.807) is 6.08 Å². The molecule has 2 aliphatic heterocycles. The summed E-state index contributed by atoms with van der Waals surface area (Å²) < 4.78 is 0. The van der Waals surface area contributed by atoms with Crippen LogP contribution in [0.25, 0.3) is 78.1 Å². The molecule has 8 bridgehead atoms. The van der Waals surface area contributed by atoms with Crippen molar-refractivity contribution in [2.45, 2.75) is 6.92 Å². The van der Waals surface area contributed by atoms with Crippen molar-refractivity contribution < 1.29 is 0 Å². The molecule has 0 aliphatic carbocycles. The predicted octanol–water partition coefficient (Wildman–Crippen LogP) is 7.21. The van der Waals surface area contributed by atoms with Gasteiger partial charge in [0.05, 0.1) is 0 Å². The number of H-pyrrole nitrogens is 2. The average molecular weight is 531 g/mol. The fourth-order valence-corrected chi connectivity index (χ4v) is 5.42. The van der Waals surface area contributed by atoms with Gasteiger partial charge in [-0.3, -0.25) is 0 Å². The van der Waals surface area contributed by atoms with Gasteiger partial charge < -0.3 is 9.97 Å². The highest BCUT2D eigenvalue weighted by Gasteiger charge is 2.21. The predicted molar refractivity (Wildman–Crippen MR) is 163 cm³/mol. The molecule has 3 aromatic carbocycles. The number of allylic oxidation sites excluding steroid dienone is 5. The summed E-state index contributed by atoms with van der Waals surface area (Å²) in [6.07, 6.45) is 5.58. The first-order valence-electron chi connectivity index (χ1n) is 13.3. The lowest BCUT2D eigenvalue weighted by molar-refractivity contribution is 1.12. The topological polar surface area (TPSA) is 109 Å². The van der Waals surface area contributed by atoms with Gasteiger partial charge >= 0.3 is 0 Å². The zero-order valence-electron chi connectivity index (χ0n) is 22.1. The average Bonchev–Trinajstić information content (AvgIpc) is 3.71. The molecule has 0 unspecified atom stereocenters. The molecule has 0 saturated heterocycles. The number of aromatic amines is 2. The van der Waals surface area contributed by atoms with Crippen LogP contribution in [0.1, 0.15) is 18.6 Å². The molecule has 194 valence electrons. The van der Waals surface area contributed by atoms with Gasteiger partial charge in [-0.1, -0.05) is 97.6 Å². The van der Waals surface area contributed by atoms with E-state index in [1.165, 1.54) is 0 Å². The third-order valence-electron chi connectivity index (χ3n) is 7.43. The first-order chi connectivity index (χ1) is 20.2. The molecule has 0 saturated carbocycles. The van der Waals surface area contributed by atoms with Gasteiger partial charge in [0.1, 0.15) is 22.6 Å². The Balaban J connectivity index is 1.59. The molecule has 0 spiro atoms. The Morgan fingerprint density at radius 1 is 0.537 bits per heavy atom. The third-order valence-corrected chi connectivity index (χ3v) is 7.43. The summed E-state index contributed by atoms with van der Waals surface area (Å²) in [6, 6.07) is 24.1. The molecular formula is C33H22N8. The van der Waals surface area contributed by atoms with E-state index in [4.69, 9.17) is 29.9 Å². The Kier molecular flexibility index (Phi) is 5.02. The number of hydrogen-bond acceptors (Lipinski definition) is 6. The second kappa shape index (κ2) is 8.89. The van der Waals surface area contributed by atoms with E-state index >= 15 is 0 Å². The lowest BCUT2D eigenvalue weighted by Crippen LogP contribution is -1.86. The molecule has 0 amide bonds. The molecule has 8 heteroatoms. The van der Waals surface area contributed by atoms with Gasteiger partial charge in [-0.25, -0.2) is 29.9 Å². The van der Waals surface area contributed by atoms with Crippen LogP contribution in [0.15, 0.2) is 97.6 Å². The standard InChI is InChI=1S/C33H22N8/c1-3-4-11-19-18(2)26-34-27(19)36-29-22-14-7-8-15-23(22)31(38-29)40-33-25-17-10-9-16-24(25)32(41-33)39-30-21-13-6-5-12-20(21)28(35-26)37-30/h3-17H,1H2,2H3,(H2,34,35,36,37,38,39,40,41)/b11-4-. The monoisotopic (exact) mass is 530 g/mol. The molecule has 0 atom stereocenters. The Hall–Kier alpha value is -5.76. The molecule has 2 aliphatic rings. The van der Waals surface area contributed by atoms with Crippen molar-refractivity contribution in [2.24, 2.45) is 0 Å². The molecule has 8 rings (SSSR count). The second-order valence-electron chi connectivity index (χ2n) is 9.88. The summed E-state index contributed by atoms with van der Waals surface area (Å²) in [4.78, 5) is 36.7. The Morgan fingerprint density at radius 3 is 1.44 bits per heavy atom. The zero-order valence-corrected chi connectivity index (χ0v) is 22.1. The molecule has 0 fully saturated rings. The van der Waals surface area contributed by atoms with Crippen molar-refractivity contribution in [2.75, 3.05) is 0 Å².